The van der Waals surface area contributed by atoms with E-state index in [1.807, 2.05) is 6.92 Å². The minimum atomic E-state index is 0.0678. The van der Waals surface area contributed by atoms with Crippen molar-refractivity contribution < 1.29 is 4.79 Å². The molecule has 5 nitrogen and oxygen atoms in total. The number of hydrogen-bond acceptors (Lipinski definition) is 4. The fourth-order valence-electron chi connectivity index (χ4n) is 4.86. The maximum Gasteiger partial charge on any atom is 0.226 e. The van der Waals surface area contributed by atoms with E-state index in [1.165, 1.54) is 16.7 Å². The van der Waals surface area contributed by atoms with Crippen LogP contribution in [0, 0.1) is 19.8 Å². The molecule has 0 saturated carbocycles. The number of carbonyl (C=O) groups is 1. The Kier molecular flexibility index (Phi) is 4.89. The minimum absolute atomic E-state index is 0.0678. The summed E-state index contributed by atoms with van der Waals surface area (Å²) >= 11 is 0. The van der Waals surface area contributed by atoms with Crippen molar-refractivity contribution in [1.82, 2.24) is 15.3 Å². The number of anilines is 1. The van der Waals surface area contributed by atoms with Crippen LogP contribution in [0.25, 0.3) is 10.9 Å². The number of piperidine rings is 1. The van der Waals surface area contributed by atoms with Gasteiger partial charge < -0.3 is 10.2 Å². The molecule has 2 aromatic carbocycles. The van der Waals surface area contributed by atoms with E-state index < -0.39 is 0 Å². The Balaban J connectivity index is 1.24. The lowest BCUT2D eigenvalue weighted by atomic mass is 9.95. The molecule has 3 aromatic rings. The summed E-state index contributed by atoms with van der Waals surface area (Å²) in [4.78, 5) is 24.7. The number of nitrogens with zero attached hydrogens (tertiary/aromatic N) is 3. The van der Waals surface area contributed by atoms with Crippen molar-refractivity contribution in [2.45, 2.75) is 45.6 Å². The van der Waals surface area contributed by atoms with Crippen LogP contribution >= 0.6 is 0 Å². The molecule has 0 unspecified atom stereocenters. The average molecular weight is 401 g/mol. The molecule has 0 bridgehead atoms. The number of aryl methyl sites for hydroxylation is 3. The number of fused-ring (bicyclic) bond motifs is 2. The van der Waals surface area contributed by atoms with Crippen molar-refractivity contribution in [1.29, 1.82) is 0 Å². The Labute approximate surface area is 177 Å². The summed E-state index contributed by atoms with van der Waals surface area (Å²) in [6.07, 6.45) is 3.74. The van der Waals surface area contributed by atoms with E-state index in [0.717, 1.165) is 61.3 Å². The number of rotatable bonds is 3. The molecule has 1 aromatic heterocycles. The van der Waals surface area contributed by atoms with Crippen LogP contribution < -0.4 is 10.2 Å². The quantitative estimate of drug-likeness (QED) is 0.713. The van der Waals surface area contributed by atoms with Crippen LogP contribution in [0.5, 0.6) is 0 Å². The first-order chi connectivity index (χ1) is 14.6. The number of nitrogens with one attached hydrogen (secondary N) is 1. The Hall–Kier alpha value is -2.95. The molecule has 30 heavy (non-hydrogen) atoms. The van der Waals surface area contributed by atoms with E-state index in [1.54, 1.807) is 0 Å². The van der Waals surface area contributed by atoms with Gasteiger partial charge in [0.2, 0.25) is 11.9 Å². The van der Waals surface area contributed by atoms with Crippen molar-refractivity contribution in [2.24, 2.45) is 5.92 Å². The number of benzene rings is 2. The Bertz CT molecular complexity index is 1100. The van der Waals surface area contributed by atoms with Crippen LogP contribution in [0.2, 0.25) is 0 Å². The molecule has 2 heterocycles. The van der Waals surface area contributed by atoms with E-state index in [-0.39, 0.29) is 17.9 Å². The molecule has 1 atom stereocenters. The molecule has 1 N–H and O–H groups in total. The summed E-state index contributed by atoms with van der Waals surface area (Å²) in [5, 5.41) is 4.42. The fraction of sp³-hybridized carbons (Fsp3) is 0.400. The predicted octanol–water partition coefficient (Wildman–Crippen LogP) is 4.27. The van der Waals surface area contributed by atoms with Gasteiger partial charge in [-0.25, -0.2) is 9.97 Å². The summed E-state index contributed by atoms with van der Waals surface area (Å²) < 4.78 is 0. The van der Waals surface area contributed by atoms with Gasteiger partial charge in [-0.2, -0.15) is 0 Å². The van der Waals surface area contributed by atoms with Gasteiger partial charge in [0.1, 0.15) is 0 Å². The van der Waals surface area contributed by atoms with Crippen molar-refractivity contribution in [3.63, 3.8) is 0 Å². The molecular formula is C25H28N4O. The molecule has 1 aliphatic heterocycles. The second-order valence-corrected chi connectivity index (χ2v) is 8.69. The van der Waals surface area contributed by atoms with Crippen LogP contribution in [-0.2, 0) is 11.2 Å². The number of amides is 1. The first kappa shape index (κ1) is 19.0. The highest BCUT2D eigenvalue weighted by molar-refractivity contribution is 5.83. The van der Waals surface area contributed by atoms with Crippen LogP contribution in [0.1, 0.15) is 47.7 Å². The molecular weight excluding hydrogens is 372 g/mol. The van der Waals surface area contributed by atoms with Crippen molar-refractivity contribution >= 4 is 22.8 Å². The molecule has 1 saturated heterocycles. The minimum Gasteiger partial charge on any atom is -0.349 e. The van der Waals surface area contributed by atoms with E-state index >= 15 is 0 Å². The summed E-state index contributed by atoms with van der Waals surface area (Å²) in [5.41, 5.74) is 5.88. The summed E-state index contributed by atoms with van der Waals surface area (Å²) in [5.74, 6) is 1.05. The molecule has 0 radical (unpaired) electrons. The van der Waals surface area contributed by atoms with Gasteiger partial charge in [0, 0.05) is 24.4 Å². The number of hydrogen-bond donors (Lipinski definition) is 1. The van der Waals surface area contributed by atoms with Crippen molar-refractivity contribution in [3.05, 3.63) is 64.8 Å². The number of aromatic nitrogens is 2. The zero-order valence-corrected chi connectivity index (χ0v) is 17.7. The lowest BCUT2D eigenvalue weighted by Crippen LogP contribution is -2.42. The average Bonchev–Trinajstić information content (AvgIpc) is 3.17. The van der Waals surface area contributed by atoms with Crippen molar-refractivity contribution in [3.8, 4) is 0 Å². The molecule has 154 valence electrons. The lowest BCUT2D eigenvalue weighted by Gasteiger charge is -2.32. The van der Waals surface area contributed by atoms with Crippen LogP contribution in [0.3, 0.4) is 0 Å². The Morgan fingerprint density at radius 2 is 1.83 bits per heavy atom. The van der Waals surface area contributed by atoms with Gasteiger partial charge in [0.25, 0.3) is 0 Å². The van der Waals surface area contributed by atoms with Crippen LogP contribution in [0.4, 0.5) is 5.95 Å². The maximum absolute atomic E-state index is 12.9. The smallest absolute Gasteiger partial charge is 0.226 e. The molecule has 1 amide bonds. The molecule has 2 aliphatic rings. The van der Waals surface area contributed by atoms with Crippen LogP contribution in [0.15, 0.2) is 42.5 Å². The topological polar surface area (TPSA) is 58.1 Å². The zero-order valence-electron chi connectivity index (χ0n) is 17.7. The van der Waals surface area contributed by atoms with E-state index in [2.05, 4.69) is 59.6 Å². The first-order valence-corrected chi connectivity index (χ1v) is 11.0. The summed E-state index contributed by atoms with van der Waals surface area (Å²) in [7, 11) is 0. The third-order valence-corrected chi connectivity index (χ3v) is 6.63. The molecule has 1 aliphatic carbocycles. The largest absolute Gasteiger partial charge is 0.349 e. The first-order valence-electron chi connectivity index (χ1n) is 11.0. The molecule has 5 rings (SSSR count). The molecule has 1 fully saturated rings. The third-order valence-electron chi connectivity index (χ3n) is 6.63. The third kappa shape index (κ3) is 3.53. The van der Waals surface area contributed by atoms with Gasteiger partial charge in [-0.1, -0.05) is 35.9 Å². The van der Waals surface area contributed by atoms with E-state index in [9.17, 15) is 4.79 Å². The monoisotopic (exact) mass is 400 g/mol. The highest BCUT2D eigenvalue weighted by Crippen LogP contribution is 2.32. The van der Waals surface area contributed by atoms with E-state index in [0.29, 0.717) is 0 Å². The second kappa shape index (κ2) is 7.71. The van der Waals surface area contributed by atoms with Gasteiger partial charge in [-0.05, 0) is 62.8 Å². The summed E-state index contributed by atoms with van der Waals surface area (Å²) in [6.45, 7) is 5.77. The van der Waals surface area contributed by atoms with Crippen LogP contribution in [-0.4, -0.2) is 29.0 Å². The normalized spacial score (nSPS) is 19.1. The summed E-state index contributed by atoms with van der Waals surface area (Å²) in [6, 6.07) is 14.9. The van der Waals surface area contributed by atoms with Gasteiger partial charge in [0.05, 0.1) is 17.3 Å². The highest BCUT2D eigenvalue weighted by Gasteiger charge is 2.30. The Morgan fingerprint density at radius 3 is 2.67 bits per heavy atom. The highest BCUT2D eigenvalue weighted by atomic mass is 16.2. The van der Waals surface area contributed by atoms with Crippen molar-refractivity contribution in [2.75, 3.05) is 18.0 Å². The molecule has 5 heteroatoms. The van der Waals surface area contributed by atoms with Gasteiger partial charge in [0.15, 0.2) is 0 Å². The van der Waals surface area contributed by atoms with Gasteiger partial charge in [-0.3, -0.25) is 4.79 Å². The SMILES string of the molecule is Cc1ccc2nc(N3CCC(C(=O)N[C@H]4CCc5ccccc54)CC3)nc(C)c2c1. The predicted molar refractivity (Wildman–Crippen MR) is 120 cm³/mol. The standard InChI is InChI=1S/C25H28N4O/c1-16-7-9-23-21(15-16)17(2)26-25(28-23)29-13-11-19(12-14-29)24(30)27-22-10-8-18-5-3-4-6-20(18)22/h3-7,9,15,19,22H,8,10-14H2,1-2H3,(H,27,30)/t22-/m0/s1. The number of carbonyl (C=O) groups excluding carboxylic acids is 1. The second-order valence-electron chi connectivity index (χ2n) is 8.69. The zero-order chi connectivity index (χ0) is 20.7. The maximum atomic E-state index is 12.9. The molecule has 0 spiro atoms. The van der Waals surface area contributed by atoms with Gasteiger partial charge >= 0.3 is 0 Å². The fourth-order valence-corrected chi connectivity index (χ4v) is 4.86. The van der Waals surface area contributed by atoms with E-state index in [4.69, 9.17) is 9.97 Å². The Morgan fingerprint density at radius 1 is 1.03 bits per heavy atom. The van der Waals surface area contributed by atoms with Gasteiger partial charge in [-0.15, -0.1) is 0 Å². The lowest BCUT2D eigenvalue weighted by molar-refractivity contribution is -0.126.